The van der Waals surface area contributed by atoms with Crippen molar-refractivity contribution < 1.29 is 19.3 Å². The Kier molecular flexibility index (Phi) is 7.03. The van der Waals surface area contributed by atoms with Gasteiger partial charge >= 0.3 is 0 Å². The Hall–Kier alpha value is -3.34. The number of benzene rings is 3. The average molecular weight is 469 g/mol. The van der Waals surface area contributed by atoms with Crippen molar-refractivity contribution in [2.24, 2.45) is 0 Å². The molecule has 0 bridgehead atoms. The molecular formula is C31H32O4. The van der Waals surface area contributed by atoms with Gasteiger partial charge in [-0.25, -0.2) is 0 Å². The van der Waals surface area contributed by atoms with Gasteiger partial charge in [0.05, 0.1) is 13.2 Å². The molecule has 0 radical (unpaired) electrons. The van der Waals surface area contributed by atoms with Gasteiger partial charge in [0.1, 0.15) is 17.6 Å². The molecule has 5 rings (SSSR count). The van der Waals surface area contributed by atoms with Gasteiger partial charge in [-0.05, 0) is 73.2 Å². The molecule has 1 saturated heterocycles. The summed E-state index contributed by atoms with van der Waals surface area (Å²) in [5, 5.41) is 9.08. The summed E-state index contributed by atoms with van der Waals surface area (Å²) in [4.78, 5) is 0. The number of aliphatic hydroxyl groups is 1. The van der Waals surface area contributed by atoms with E-state index in [4.69, 9.17) is 19.3 Å². The molecule has 4 nitrogen and oxygen atoms in total. The van der Waals surface area contributed by atoms with Crippen molar-refractivity contribution in [3.63, 3.8) is 0 Å². The summed E-state index contributed by atoms with van der Waals surface area (Å²) in [6, 6.07) is 22.9. The summed E-state index contributed by atoms with van der Waals surface area (Å²) in [5.41, 5.74) is 7.87. The van der Waals surface area contributed by atoms with E-state index in [1.54, 1.807) is 6.08 Å². The highest BCUT2D eigenvalue weighted by atomic mass is 16.7. The van der Waals surface area contributed by atoms with Gasteiger partial charge in [0.15, 0.2) is 6.29 Å². The van der Waals surface area contributed by atoms with E-state index in [0.29, 0.717) is 0 Å². The summed E-state index contributed by atoms with van der Waals surface area (Å²) in [6.07, 6.45) is 6.36. The van der Waals surface area contributed by atoms with Crippen molar-refractivity contribution in [1.29, 1.82) is 0 Å². The van der Waals surface area contributed by atoms with Crippen LogP contribution in [-0.2, 0) is 4.74 Å². The third-order valence-corrected chi connectivity index (χ3v) is 6.66. The predicted molar refractivity (Wildman–Crippen MR) is 140 cm³/mol. The topological polar surface area (TPSA) is 47.9 Å². The van der Waals surface area contributed by atoms with Gasteiger partial charge in [0, 0.05) is 17.6 Å². The van der Waals surface area contributed by atoms with E-state index >= 15 is 0 Å². The average Bonchev–Trinajstić information content (AvgIpc) is 2.89. The lowest BCUT2D eigenvalue weighted by atomic mass is 9.85. The molecule has 4 heteroatoms. The van der Waals surface area contributed by atoms with Crippen LogP contribution in [0, 0.1) is 6.92 Å². The molecule has 2 unspecified atom stereocenters. The highest BCUT2D eigenvalue weighted by Gasteiger charge is 2.29. The molecule has 0 aliphatic carbocycles. The number of fused-ring (bicyclic) bond motifs is 1. The van der Waals surface area contributed by atoms with Crippen LogP contribution >= 0.6 is 0 Å². The number of rotatable bonds is 6. The fourth-order valence-electron chi connectivity index (χ4n) is 4.83. The molecule has 180 valence electrons. The minimum atomic E-state index is -0.248. The van der Waals surface area contributed by atoms with Gasteiger partial charge in [-0.15, -0.1) is 0 Å². The number of hydrogen-bond acceptors (Lipinski definition) is 4. The van der Waals surface area contributed by atoms with Crippen molar-refractivity contribution in [3.8, 4) is 11.5 Å². The SMILES string of the molecule is CC1=C(c2cccc(OC3CCCCO3)c2)C(c2ccc(/C=C/CO)cc2)Oc2ccc(C)cc21. The molecule has 2 aliphatic rings. The Morgan fingerprint density at radius 1 is 1.00 bits per heavy atom. The summed E-state index contributed by atoms with van der Waals surface area (Å²) in [5.74, 6) is 1.71. The Morgan fingerprint density at radius 2 is 1.86 bits per heavy atom. The second kappa shape index (κ2) is 10.5. The minimum absolute atomic E-state index is 0.0279. The summed E-state index contributed by atoms with van der Waals surface area (Å²) >= 11 is 0. The van der Waals surface area contributed by atoms with Crippen LogP contribution in [0.4, 0.5) is 0 Å². The first-order chi connectivity index (χ1) is 17.1. The second-order valence-electron chi connectivity index (χ2n) is 9.23. The van der Waals surface area contributed by atoms with Crippen LogP contribution in [0.2, 0.25) is 0 Å². The second-order valence-corrected chi connectivity index (χ2v) is 9.23. The molecule has 3 aromatic rings. The maximum Gasteiger partial charge on any atom is 0.199 e. The van der Waals surface area contributed by atoms with Crippen molar-refractivity contribution in [1.82, 2.24) is 0 Å². The lowest BCUT2D eigenvalue weighted by molar-refractivity contribution is -0.105. The van der Waals surface area contributed by atoms with E-state index < -0.39 is 0 Å². The van der Waals surface area contributed by atoms with Gasteiger partial charge in [-0.1, -0.05) is 60.2 Å². The molecule has 2 aliphatic heterocycles. The first-order valence-electron chi connectivity index (χ1n) is 12.4. The lowest BCUT2D eigenvalue weighted by Gasteiger charge is -2.31. The molecule has 2 heterocycles. The van der Waals surface area contributed by atoms with Gasteiger partial charge < -0.3 is 19.3 Å². The first-order valence-corrected chi connectivity index (χ1v) is 12.4. The first kappa shape index (κ1) is 23.4. The molecule has 0 saturated carbocycles. The quantitative estimate of drug-likeness (QED) is 0.424. The normalized spacial score (nSPS) is 20.0. The zero-order valence-corrected chi connectivity index (χ0v) is 20.4. The van der Waals surface area contributed by atoms with Crippen LogP contribution in [0.25, 0.3) is 17.2 Å². The number of ether oxygens (including phenoxy) is 3. The zero-order valence-electron chi connectivity index (χ0n) is 20.4. The summed E-state index contributed by atoms with van der Waals surface area (Å²) in [6.45, 7) is 5.07. The van der Waals surface area contributed by atoms with Crippen molar-refractivity contribution in [2.75, 3.05) is 13.2 Å². The standard InChI is InChI=1S/C31H32O4/c1-21-11-16-28-27(19-21)22(2)30(31(35-28)24-14-12-23(13-15-24)7-6-17-32)25-8-5-9-26(20-25)34-29-10-3-4-18-33-29/h5-9,11-16,19-20,29,31-32H,3-4,10,17-18H2,1-2H3/b7-6+. The van der Waals surface area contributed by atoms with Gasteiger partial charge in [-0.2, -0.15) is 0 Å². The van der Waals surface area contributed by atoms with Crippen LogP contribution in [0.3, 0.4) is 0 Å². The monoisotopic (exact) mass is 468 g/mol. The van der Waals surface area contributed by atoms with E-state index in [1.165, 1.54) is 11.1 Å². The molecule has 1 fully saturated rings. The maximum atomic E-state index is 9.08. The number of aryl methyl sites for hydroxylation is 1. The Bertz CT molecular complexity index is 1230. The van der Waals surface area contributed by atoms with E-state index in [1.807, 2.05) is 18.2 Å². The number of allylic oxidation sites excluding steroid dienone is 1. The van der Waals surface area contributed by atoms with Crippen molar-refractivity contribution >= 4 is 17.2 Å². The van der Waals surface area contributed by atoms with Crippen molar-refractivity contribution in [2.45, 2.75) is 45.5 Å². The zero-order chi connectivity index (χ0) is 24.2. The maximum absolute atomic E-state index is 9.08. The molecule has 0 spiro atoms. The van der Waals surface area contributed by atoms with E-state index in [2.05, 4.69) is 68.4 Å². The van der Waals surface area contributed by atoms with Gasteiger partial charge in [0.25, 0.3) is 0 Å². The summed E-state index contributed by atoms with van der Waals surface area (Å²) < 4.78 is 18.6. The number of aliphatic hydroxyl groups excluding tert-OH is 1. The van der Waals surface area contributed by atoms with Crippen LogP contribution in [0.5, 0.6) is 11.5 Å². The number of hydrogen-bond donors (Lipinski definition) is 1. The van der Waals surface area contributed by atoms with Gasteiger partial charge in [-0.3, -0.25) is 0 Å². The summed E-state index contributed by atoms with van der Waals surface area (Å²) in [7, 11) is 0. The lowest BCUT2D eigenvalue weighted by Crippen LogP contribution is -2.25. The molecule has 0 amide bonds. The Balaban J connectivity index is 1.55. The predicted octanol–water partition coefficient (Wildman–Crippen LogP) is 6.97. The van der Waals surface area contributed by atoms with Crippen LogP contribution in [-0.4, -0.2) is 24.6 Å². The Morgan fingerprint density at radius 3 is 2.63 bits per heavy atom. The smallest absolute Gasteiger partial charge is 0.199 e. The third-order valence-electron chi connectivity index (χ3n) is 6.66. The minimum Gasteiger partial charge on any atom is -0.480 e. The Labute approximate surface area is 207 Å². The fourth-order valence-corrected chi connectivity index (χ4v) is 4.83. The molecule has 3 aromatic carbocycles. The third kappa shape index (κ3) is 5.19. The van der Waals surface area contributed by atoms with E-state index in [0.717, 1.165) is 65.2 Å². The van der Waals surface area contributed by atoms with E-state index in [9.17, 15) is 0 Å². The van der Waals surface area contributed by atoms with Crippen molar-refractivity contribution in [3.05, 3.63) is 101 Å². The molecule has 2 atom stereocenters. The van der Waals surface area contributed by atoms with Crippen LogP contribution < -0.4 is 9.47 Å². The van der Waals surface area contributed by atoms with Gasteiger partial charge in [0.2, 0.25) is 0 Å². The highest BCUT2D eigenvalue weighted by Crippen LogP contribution is 2.47. The van der Waals surface area contributed by atoms with Crippen LogP contribution in [0.15, 0.2) is 72.8 Å². The highest BCUT2D eigenvalue weighted by molar-refractivity contribution is 5.95. The fraction of sp³-hybridized carbons (Fsp3) is 0.290. The molecule has 35 heavy (non-hydrogen) atoms. The molecular weight excluding hydrogens is 436 g/mol. The van der Waals surface area contributed by atoms with Crippen LogP contribution in [0.1, 0.15) is 60.1 Å². The largest absolute Gasteiger partial charge is 0.480 e. The molecule has 1 N–H and O–H groups in total. The molecule has 0 aromatic heterocycles. The van der Waals surface area contributed by atoms with E-state index in [-0.39, 0.29) is 19.0 Å².